The number of carbonyl (C=O) groups excluding carboxylic acids is 4. The molecule has 0 bridgehead atoms. The number of β-lactam (4-membered cyclic amide) rings is 1. The minimum Gasteiger partial charge on any atom is -0.426 e. The van der Waals surface area contributed by atoms with Crippen LogP contribution in [0.3, 0.4) is 0 Å². The second-order valence-corrected chi connectivity index (χ2v) is 11.8. The predicted octanol–water partition coefficient (Wildman–Crippen LogP) is 2.54. The van der Waals surface area contributed by atoms with E-state index in [2.05, 4.69) is 27.0 Å². The van der Waals surface area contributed by atoms with E-state index in [1.807, 2.05) is 23.6 Å². The Labute approximate surface area is 259 Å². The van der Waals surface area contributed by atoms with Crippen molar-refractivity contribution in [2.75, 3.05) is 23.8 Å². The molecule has 0 aromatic carbocycles. The number of anilines is 1. The summed E-state index contributed by atoms with van der Waals surface area (Å²) in [5.74, 6) is -1.90. The van der Waals surface area contributed by atoms with Gasteiger partial charge in [-0.25, -0.2) is 9.78 Å². The second-order valence-electron chi connectivity index (χ2n) is 8.89. The molecule has 1 fully saturated rings. The number of ether oxygens (including phenoxy) is 2. The monoisotopic (exact) mass is 644 g/mol. The number of hydrogen-bond donors (Lipinski definition) is 2. The first-order chi connectivity index (χ1) is 20.7. The molecule has 0 saturated carbocycles. The van der Waals surface area contributed by atoms with E-state index in [0.717, 1.165) is 16.9 Å². The van der Waals surface area contributed by atoms with E-state index < -0.39 is 41.5 Å². The summed E-state index contributed by atoms with van der Waals surface area (Å²) in [4.78, 5) is 65.9. The average Bonchev–Trinajstić information content (AvgIpc) is 3.41. The summed E-state index contributed by atoms with van der Waals surface area (Å²) in [6.45, 7) is 6.19. The van der Waals surface area contributed by atoms with Gasteiger partial charge in [0.25, 0.3) is 11.8 Å². The van der Waals surface area contributed by atoms with Crippen molar-refractivity contribution in [3.8, 4) is 0 Å². The minimum atomic E-state index is -1.17. The van der Waals surface area contributed by atoms with Gasteiger partial charge in [0.2, 0.25) is 6.29 Å². The van der Waals surface area contributed by atoms with Gasteiger partial charge in [-0.1, -0.05) is 23.9 Å². The molecular weight excluding hydrogens is 617 g/mol. The van der Waals surface area contributed by atoms with Crippen LogP contribution in [0.25, 0.3) is 6.08 Å². The largest absolute Gasteiger partial charge is 0.426 e. The number of nitrogens with one attached hydrogen (secondary N) is 1. The Kier molecular flexibility index (Phi) is 11.0. The molecule has 3 atom stereocenters. The molecule has 0 spiro atoms. The molecule has 2 amide bonds. The van der Waals surface area contributed by atoms with Crippen molar-refractivity contribution < 1.29 is 33.5 Å². The van der Waals surface area contributed by atoms with Crippen LogP contribution in [0.4, 0.5) is 5.13 Å². The standard InChI is InChI=1S/C27H28N6O7S3/c1-4-9-38-32-20(19-14-43-27(28)30-19)23(35)31-21-24(36)33-22(26(37)40-16(3)39-15(2)34)18(13-42-25(21)33)12-41-10-7-17-6-5-8-29-11-17/h4-8,10-11,14,16,21,25H,1,9,12-13H2,2-3H3,(H2,28,30)(H,31,35)/b10-7-,32-20?/t16?,21?,25-/m1/s1. The van der Waals surface area contributed by atoms with Gasteiger partial charge in [-0.15, -0.1) is 34.9 Å². The Morgan fingerprint density at radius 3 is 2.86 bits per heavy atom. The maximum atomic E-state index is 13.4. The van der Waals surface area contributed by atoms with Crippen LogP contribution in [0.2, 0.25) is 0 Å². The van der Waals surface area contributed by atoms with Crippen molar-refractivity contribution in [1.82, 2.24) is 20.2 Å². The van der Waals surface area contributed by atoms with Gasteiger partial charge in [0, 0.05) is 43.1 Å². The van der Waals surface area contributed by atoms with E-state index in [0.29, 0.717) is 17.1 Å². The third-order valence-corrected chi connectivity index (χ3v) is 8.62. The number of nitrogens with two attached hydrogens (primary N) is 1. The zero-order valence-electron chi connectivity index (χ0n) is 23.1. The molecule has 226 valence electrons. The number of thiazole rings is 1. The van der Waals surface area contributed by atoms with Crippen LogP contribution in [-0.4, -0.2) is 80.2 Å². The van der Waals surface area contributed by atoms with Crippen LogP contribution in [0.1, 0.15) is 25.1 Å². The van der Waals surface area contributed by atoms with Crippen LogP contribution in [-0.2, 0) is 33.5 Å². The van der Waals surface area contributed by atoms with Gasteiger partial charge in [0.1, 0.15) is 29.4 Å². The number of nitrogens with zero attached hydrogens (tertiary/aromatic N) is 4. The van der Waals surface area contributed by atoms with E-state index >= 15 is 0 Å². The van der Waals surface area contributed by atoms with E-state index in [4.69, 9.17) is 20.0 Å². The minimum absolute atomic E-state index is 0.0469. The highest BCUT2D eigenvalue weighted by Crippen LogP contribution is 2.41. The van der Waals surface area contributed by atoms with Crippen LogP contribution in [0.15, 0.2) is 64.4 Å². The van der Waals surface area contributed by atoms with Crippen molar-refractivity contribution in [2.24, 2.45) is 5.16 Å². The smallest absolute Gasteiger partial charge is 0.358 e. The Morgan fingerprint density at radius 1 is 1.37 bits per heavy atom. The van der Waals surface area contributed by atoms with E-state index in [1.165, 1.54) is 48.3 Å². The summed E-state index contributed by atoms with van der Waals surface area (Å²) < 4.78 is 10.3. The number of hydrogen-bond acceptors (Lipinski definition) is 14. The third-order valence-electron chi connectivity index (χ3n) is 5.76. The summed E-state index contributed by atoms with van der Waals surface area (Å²) in [6.07, 6.45) is 5.57. The first kappa shape index (κ1) is 31.8. The van der Waals surface area contributed by atoms with Gasteiger partial charge < -0.3 is 25.4 Å². The molecule has 2 aliphatic rings. The Morgan fingerprint density at radius 2 is 2.19 bits per heavy atom. The third kappa shape index (κ3) is 8.03. The zero-order chi connectivity index (χ0) is 30.9. The lowest BCUT2D eigenvalue weighted by molar-refractivity contribution is -0.182. The SMILES string of the molecule is C=CCON=C(C(=O)NC1C(=O)N2C(C(=O)OC(C)OC(C)=O)=C(CS/C=C\c3cccnc3)CS[C@H]12)c1csc(N)n1. The Hall–Kier alpha value is -4.15. The van der Waals surface area contributed by atoms with Crippen LogP contribution < -0.4 is 11.1 Å². The van der Waals surface area contributed by atoms with Crippen LogP contribution in [0, 0.1) is 0 Å². The number of thioether (sulfide) groups is 2. The summed E-state index contributed by atoms with van der Waals surface area (Å²) in [5, 5.41) is 9.59. The molecule has 2 unspecified atom stereocenters. The van der Waals surface area contributed by atoms with E-state index in [9.17, 15) is 19.2 Å². The molecule has 43 heavy (non-hydrogen) atoms. The fraction of sp³-hybridized carbons (Fsp3) is 0.296. The van der Waals surface area contributed by atoms with Crippen molar-refractivity contribution in [1.29, 1.82) is 0 Å². The summed E-state index contributed by atoms with van der Waals surface area (Å²) >= 11 is 3.93. The van der Waals surface area contributed by atoms with Crippen molar-refractivity contribution in [3.05, 3.63) is 70.5 Å². The lowest BCUT2D eigenvalue weighted by Gasteiger charge is -2.49. The molecule has 0 aliphatic carbocycles. The number of amides is 2. The first-order valence-electron chi connectivity index (χ1n) is 12.8. The van der Waals surface area contributed by atoms with Gasteiger partial charge >= 0.3 is 11.9 Å². The van der Waals surface area contributed by atoms with Gasteiger partial charge in [0.15, 0.2) is 10.8 Å². The fourth-order valence-electron chi connectivity index (χ4n) is 3.96. The second kappa shape index (κ2) is 14.8. The Balaban J connectivity index is 1.52. The van der Waals surface area contributed by atoms with Crippen molar-refractivity contribution in [3.63, 3.8) is 0 Å². The average molecular weight is 645 g/mol. The quantitative estimate of drug-likeness (QED) is 0.0621. The van der Waals surface area contributed by atoms with Gasteiger partial charge in [-0.2, -0.15) is 0 Å². The number of oxime groups is 1. The number of nitrogen functional groups attached to an aromatic ring is 1. The first-order valence-corrected chi connectivity index (χ1v) is 15.7. The maximum Gasteiger partial charge on any atom is 0.358 e. The van der Waals surface area contributed by atoms with Crippen molar-refractivity contribution >= 4 is 75.5 Å². The summed E-state index contributed by atoms with van der Waals surface area (Å²) in [7, 11) is 0. The molecule has 1 saturated heterocycles. The highest BCUT2D eigenvalue weighted by Gasteiger charge is 2.54. The molecule has 16 heteroatoms. The molecule has 2 aliphatic heterocycles. The molecule has 4 rings (SSSR count). The Bertz CT molecular complexity index is 1480. The van der Waals surface area contributed by atoms with E-state index in [1.54, 1.807) is 17.8 Å². The number of esters is 2. The zero-order valence-corrected chi connectivity index (χ0v) is 25.6. The number of aromatic nitrogens is 2. The van der Waals surface area contributed by atoms with Gasteiger partial charge in [-0.3, -0.25) is 24.3 Å². The van der Waals surface area contributed by atoms with Crippen molar-refractivity contribution in [2.45, 2.75) is 31.6 Å². The summed E-state index contributed by atoms with van der Waals surface area (Å²) in [6, 6.07) is 2.76. The highest BCUT2D eigenvalue weighted by molar-refractivity contribution is 8.02. The molecule has 2 aromatic heterocycles. The molecule has 3 N–H and O–H groups in total. The normalized spacial score (nSPS) is 18.9. The molecule has 0 radical (unpaired) electrons. The van der Waals surface area contributed by atoms with Crippen LogP contribution >= 0.6 is 34.9 Å². The number of carbonyl (C=O) groups is 4. The fourth-order valence-corrected chi connectivity index (χ4v) is 6.77. The topological polar surface area (TPSA) is 175 Å². The lowest BCUT2D eigenvalue weighted by Crippen LogP contribution is -2.71. The molecule has 4 heterocycles. The predicted molar refractivity (Wildman–Crippen MR) is 164 cm³/mol. The summed E-state index contributed by atoms with van der Waals surface area (Å²) in [5.41, 5.74) is 7.36. The highest BCUT2D eigenvalue weighted by atomic mass is 32.2. The number of rotatable bonds is 13. The van der Waals surface area contributed by atoms with Gasteiger partial charge in [0.05, 0.1) is 0 Å². The molecular formula is C27H28N6O7S3. The van der Waals surface area contributed by atoms with E-state index in [-0.39, 0.29) is 28.8 Å². The lowest BCUT2D eigenvalue weighted by atomic mass is 10.0. The molecule has 13 nitrogen and oxygen atoms in total. The van der Waals surface area contributed by atoms with Crippen LogP contribution in [0.5, 0.6) is 0 Å². The molecule has 2 aromatic rings. The number of pyridine rings is 1. The maximum absolute atomic E-state index is 13.4. The number of fused-ring (bicyclic) bond motifs is 1. The van der Waals surface area contributed by atoms with Gasteiger partial charge in [-0.05, 0) is 28.7 Å².